The quantitative estimate of drug-likeness (QED) is 0.579. The summed E-state index contributed by atoms with van der Waals surface area (Å²) in [7, 11) is 0. The summed E-state index contributed by atoms with van der Waals surface area (Å²) < 4.78 is 0. The molecule has 3 rings (SSSR count). The Bertz CT molecular complexity index is 855. The van der Waals surface area contributed by atoms with Crippen LogP contribution in [-0.2, 0) is 0 Å². The smallest absolute Gasteiger partial charge is 0.266 e. The van der Waals surface area contributed by atoms with E-state index in [2.05, 4.69) is 4.98 Å². The number of amides is 2. The first-order valence-electron chi connectivity index (χ1n) is 5.89. The van der Waals surface area contributed by atoms with Crippen molar-refractivity contribution in [2.24, 2.45) is 0 Å². The van der Waals surface area contributed by atoms with Crippen molar-refractivity contribution >= 4 is 52.3 Å². The van der Waals surface area contributed by atoms with Crippen molar-refractivity contribution in [1.29, 1.82) is 5.26 Å². The highest BCUT2D eigenvalue weighted by Gasteiger charge is 2.39. The summed E-state index contributed by atoms with van der Waals surface area (Å²) in [4.78, 5) is 29.5. The van der Waals surface area contributed by atoms with Gasteiger partial charge in [-0.3, -0.25) is 9.59 Å². The first-order chi connectivity index (χ1) is 10.5. The number of imide groups is 1. The van der Waals surface area contributed by atoms with E-state index in [1.165, 1.54) is 12.1 Å². The average molecular weight is 353 g/mol. The number of rotatable bonds is 1. The van der Waals surface area contributed by atoms with E-state index >= 15 is 0 Å². The monoisotopic (exact) mass is 351 g/mol. The zero-order valence-electron chi connectivity index (χ0n) is 10.6. The number of hydrogen-bond donors (Lipinski definition) is 0. The first-order valence-corrected chi connectivity index (χ1v) is 7.03. The minimum Gasteiger partial charge on any atom is -0.268 e. The number of benzene rings is 1. The van der Waals surface area contributed by atoms with Gasteiger partial charge >= 0.3 is 0 Å². The summed E-state index contributed by atoms with van der Waals surface area (Å²) in [6, 6.07) is 8.05. The number of fused-ring (bicyclic) bond motifs is 1. The maximum absolute atomic E-state index is 12.5. The molecule has 0 radical (unpaired) electrons. The molecule has 8 heteroatoms. The third-order valence-electron chi connectivity index (χ3n) is 3.14. The Hall–Kier alpha value is -2.13. The van der Waals surface area contributed by atoms with Crippen LogP contribution >= 0.6 is 34.8 Å². The van der Waals surface area contributed by atoms with E-state index in [9.17, 15) is 9.59 Å². The lowest BCUT2D eigenvalue weighted by atomic mass is 10.1. The van der Waals surface area contributed by atoms with Crippen LogP contribution in [-0.4, -0.2) is 16.8 Å². The van der Waals surface area contributed by atoms with Gasteiger partial charge in [-0.2, -0.15) is 5.26 Å². The second-order valence-electron chi connectivity index (χ2n) is 4.33. The predicted octanol–water partition coefficient (Wildman–Crippen LogP) is 3.71. The normalized spacial score (nSPS) is 13.3. The van der Waals surface area contributed by atoms with Crippen LogP contribution in [0.4, 0.5) is 5.69 Å². The molecule has 2 heterocycles. The molecule has 22 heavy (non-hydrogen) atoms. The van der Waals surface area contributed by atoms with Crippen molar-refractivity contribution in [3.8, 4) is 6.07 Å². The molecule has 1 aliphatic heterocycles. The summed E-state index contributed by atoms with van der Waals surface area (Å²) >= 11 is 18.0. The van der Waals surface area contributed by atoms with Crippen LogP contribution in [0.25, 0.3) is 0 Å². The van der Waals surface area contributed by atoms with E-state index in [1.807, 2.05) is 0 Å². The minimum absolute atomic E-state index is 0.133. The number of aromatic nitrogens is 1. The highest BCUT2D eigenvalue weighted by atomic mass is 35.5. The van der Waals surface area contributed by atoms with Gasteiger partial charge in [0.15, 0.2) is 10.8 Å². The van der Waals surface area contributed by atoms with Gasteiger partial charge in [-0.1, -0.05) is 46.9 Å². The van der Waals surface area contributed by atoms with Gasteiger partial charge in [0.25, 0.3) is 11.8 Å². The van der Waals surface area contributed by atoms with E-state index in [0.29, 0.717) is 0 Å². The van der Waals surface area contributed by atoms with Gasteiger partial charge in [-0.25, -0.2) is 9.88 Å². The van der Waals surface area contributed by atoms with Crippen LogP contribution < -0.4 is 4.90 Å². The summed E-state index contributed by atoms with van der Waals surface area (Å²) in [5.41, 5.74) is 0.103. The summed E-state index contributed by atoms with van der Waals surface area (Å²) in [5, 5.41) is 8.44. The van der Waals surface area contributed by atoms with E-state index in [1.54, 1.807) is 18.2 Å². The van der Waals surface area contributed by atoms with E-state index < -0.39 is 11.8 Å². The van der Waals surface area contributed by atoms with Crippen LogP contribution in [0.1, 0.15) is 26.4 Å². The molecule has 1 aliphatic rings. The third kappa shape index (κ3) is 1.97. The third-order valence-corrected chi connectivity index (χ3v) is 4.22. The van der Waals surface area contributed by atoms with Crippen LogP contribution in [0.5, 0.6) is 0 Å². The van der Waals surface area contributed by atoms with Crippen molar-refractivity contribution in [2.45, 2.75) is 0 Å². The molecule has 2 amide bonds. The number of nitriles is 1. The Morgan fingerprint density at radius 1 is 1.00 bits per heavy atom. The lowest BCUT2D eigenvalue weighted by Gasteiger charge is -2.18. The van der Waals surface area contributed by atoms with Crippen LogP contribution in [0, 0.1) is 11.3 Å². The SMILES string of the molecule is N#Cc1nc(Cl)c(Cl)c(N2C(=O)c3ccccc3C2=O)c1Cl. The van der Waals surface area contributed by atoms with E-state index in [0.717, 1.165) is 4.90 Å². The Balaban J connectivity index is 2.27. The molecule has 0 atom stereocenters. The highest BCUT2D eigenvalue weighted by Crippen LogP contribution is 2.42. The number of nitrogens with zero attached hydrogens (tertiary/aromatic N) is 3. The zero-order chi connectivity index (χ0) is 16.0. The topological polar surface area (TPSA) is 74.1 Å². The van der Waals surface area contributed by atoms with E-state index in [-0.39, 0.29) is 37.7 Å². The molecule has 5 nitrogen and oxygen atoms in total. The second-order valence-corrected chi connectivity index (χ2v) is 5.44. The Morgan fingerprint density at radius 3 is 2.05 bits per heavy atom. The molecule has 0 aliphatic carbocycles. The number of pyridine rings is 1. The molecule has 1 aromatic carbocycles. The molecule has 1 aromatic heterocycles. The minimum atomic E-state index is -0.587. The van der Waals surface area contributed by atoms with Crippen molar-refractivity contribution < 1.29 is 9.59 Å². The molecule has 0 unspecified atom stereocenters. The van der Waals surface area contributed by atoms with Crippen molar-refractivity contribution in [3.63, 3.8) is 0 Å². The van der Waals surface area contributed by atoms with Gasteiger partial charge in [-0.15, -0.1) is 0 Å². The molecule has 0 saturated carbocycles. The number of carbonyl (C=O) groups is 2. The second kappa shape index (κ2) is 5.25. The van der Waals surface area contributed by atoms with Crippen molar-refractivity contribution in [2.75, 3.05) is 4.90 Å². The lowest BCUT2D eigenvalue weighted by molar-refractivity contribution is 0.0926. The Labute approximate surface area is 139 Å². The molecule has 108 valence electrons. The standard InChI is InChI=1S/C14H4Cl3N3O2/c15-9-8(5-18)19-12(17)10(16)11(9)20-13(21)6-3-1-2-4-7(6)14(20)22/h1-4H. The molecule has 0 spiro atoms. The maximum atomic E-state index is 12.5. The first kappa shape index (κ1) is 14.8. The van der Waals surface area contributed by atoms with Crippen molar-refractivity contribution in [1.82, 2.24) is 4.98 Å². The highest BCUT2D eigenvalue weighted by molar-refractivity contribution is 6.48. The molecular weight excluding hydrogens is 349 g/mol. The van der Waals surface area contributed by atoms with Crippen LogP contribution in [0.3, 0.4) is 0 Å². The summed E-state index contributed by atoms with van der Waals surface area (Å²) in [5.74, 6) is -1.17. The van der Waals surface area contributed by atoms with Gasteiger partial charge < -0.3 is 0 Å². The maximum Gasteiger partial charge on any atom is 0.266 e. The van der Waals surface area contributed by atoms with Gasteiger partial charge in [0.2, 0.25) is 0 Å². The molecule has 0 N–H and O–H groups in total. The Morgan fingerprint density at radius 2 is 1.55 bits per heavy atom. The molecular formula is C14H4Cl3N3O2. The van der Waals surface area contributed by atoms with Gasteiger partial charge in [0.05, 0.1) is 16.8 Å². The summed E-state index contributed by atoms with van der Waals surface area (Å²) in [6.07, 6.45) is 0. The lowest BCUT2D eigenvalue weighted by Crippen LogP contribution is -2.30. The van der Waals surface area contributed by atoms with Crippen LogP contribution in [0.15, 0.2) is 24.3 Å². The molecule has 0 bridgehead atoms. The van der Waals surface area contributed by atoms with Gasteiger partial charge in [0, 0.05) is 0 Å². The largest absolute Gasteiger partial charge is 0.268 e. The Kier molecular flexibility index (Phi) is 3.53. The number of anilines is 1. The van der Waals surface area contributed by atoms with Crippen LogP contribution in [0.2, 0.25) is 15.2 Å². The summed E-state index contributed by atoms with van der Waals surface area (Å²) in [6.45, 7) is 0. The van der Waals surface area contributed by atoms with Crippen molar-refractivity contribution in [3.05, 3.63) is 56.3 Å². The zero-order valence-corrected chi connectivity index (χ0v) is 12.9. The molecule has 0 saturated heterocycles. The van der Waals surface area contributed by atoms with E-state index in [4.69, 9.17) is 40.1 Å². The number of carbonyl (C=O) groups excluding carboxylic acids is 2. The fourth-order valence-electron chi connectivity index (χ4n) is 2.17. The number of halogens is 3. The molecule has 2 aromatic rings. The van der Waals surface area contributed by atoms with Gasteiger partial charge in [0.1, 0.15) is 16.1 Å². The fraction of sp³-hybridized carbons (Fsp3) is 0. The van der Waals surface area contributed by atoms with Gasteiger partial charge in [-0.05, 0) is 12.1 Å². The number of hydrogen-bond acceptors (Lipinski definition) is 4. The molecule has 0 fully saturated rings. The average Bonchev–Trinajstić information content (AvgIpc) is 2.77. The fourth-order valence-corrected chi connectivity index (χ4v) is 2.87. The predicted molar refractivity (Wildman–Crippen MR) is 81.6 cm³/mol.